The molecule has 0 radical (unpaired) electrons. The summed E-state index contributed by atoms with van der Waals surface area (Å²) >= 11 is 0. The Morgan fingerprint density at radius 1 is 1.17 bits per heavy atom. The Balaban J connectivity index is 2.05. The number of hydrogen-bond acceptors (Lipinski definition) is 1. The van der Waals surface area contributed by atoms with Gasteiger partial charge in [-0.2, -0.15) is 0 Å². The van der Waals surface area contributed by atoms with E-state index in [1.165, 1.54) is 51.6 Å². The van der Waals surface area contributed by atoms with Crippen LogP contribution in [0.1, 0.15) is 45.4 Å². The van der Waals surface area contributed by atoms with E-state index in [9.17, 15) is 0 Å². The molecule has 1 saturated heterocycles. The highest BCUT2D eigenvalue weighted by molar-refractivity contribution is 4.92. The Morgan fingerprint density at radius 3 is 2.75 bits per heavy atom. The second-order valence-electron chi connectivity index (χ2n) is 4.79. The van der Waals surface area contributed by atoms with Crippen LogP contribution in [0.5, 0.6) is 0 Å². The van der Waals surface area contributed by atoms with E-state index in [1.807, 2.05) is 0 Å². The number of rotatable bonds is 0. The first kappa shape index (κ1) is 8.55. The number of hydrogen-bond donors (Lipinski definition) is 1. The van der Waals surface area contributed by atoms with Crippen LogP contribution in [0.3, 0.4) is 0 Å². The maximum atomic E-state index is 3.61. The molecule has 1 heterocycles. The average Bonchev–Trinajstić information content (AvgIpc) is 2.33. The van der Waals surface area contributed by atoms with E-state index in [1.54, 1.807) is 0 Å². The van der Waals surface area contributed by atoms with Crippen LogP contribution in [-0.2, 0) is 0 Å². The Hall–Kier alpha value is -0.0400. The van der Waals surface area contributed by atoms with Crippen LogP contribution in [0.4, 0.5) is 0 Å². The first-order chi connectivity index (χ1) is 5.83. The van der Waals surface area contributed by atoms with Gasteiger partial charge >= 0.3 is 0 Å². The van der Waals surface area contributed by atoms with Crippen molar-refractivity contribution in [2.75, 3.05) is 13.1 Å². The summed E-state index contributed by atoms with van der Waals surface area (Å²) in [6, 6.07) is 0. The van der Waals surface area contributed by atoms with E-state index < -0.39 is 0 Å². The quantitative estimate of drug-likeness (QED) is 0.584. The van der Waals surface area contributed by atoms with Crippen molar-refractivity contribution in [1.82, 2.24) is 5.32 Å². The minimum absolute atomic E-state index is 0.705. The lowest BCUT2D eigenvalue weighted by atomic mass is 9.75. The SMILES string of the molecule is C[C@@H]1CCC[C@]12CCCCNC2. The van der Waals surface area contributed by atoms with Gasteiger partial charge in [0, 0.05) is 6.54 Å². The van der Waals surface area contributed by atoms with E-state index in [4.69, 9.17) is 0 Å². The number of nitrogens with one attached hydrogen (secondary N) is 1. The molecule has 2 rings (SSSR count). The van der Waals surface area contributed by atoms with Crippen LogP contribution < -0.4 is 5.32 Å². The van der Waals surface area contributed by atoms with Gasteiger partial charge in [0.1, 0.15) is 0 Å². The molecule has 1 aliphatic heterocycles. The molecule has 1 N–H and O–H groups in total. The van der Waals surface area contributed by atoms with E-state index in [0.29, 0.717) is 5.41 Å². The maximum absolute atomic E-state index is 3.61. The highest BCUT2D eigenvalue weighted by Crippen LogP contribution is 2.46. The third-order valence-corrected chi connectivity index (χ3v) is 4.11. The maximum Gasteiger partial charge on any atom is 0.00104 e. The molecule has 0 unspecified atom stereocenters. The van der Waals surface area contributed by atoms with E-state index >= 15 is 0 Å². The van der Waals surface area contributed by atoms with Crippen molar-refractivity contribution >= 4 is 0 Å². The van der Waals surface area contributed by atoms with E-state index in [0.717, 1.165) is 5.92 Å². The molecule has 1 spiro atoms. The summed E-state index contributed by atoms with van der Waals surface area (Å²) in [5.74, 6) is 0.975. The Morgan fingerprint density at radius 2 is 2.00 bits per heavy atom. The fraction of sp³-hybridized carbons (Fsp3) is 1.00. The molecule has 12 heavy (non-hydrogen) atoms. The van der Waals surface area contributed by atoms with Crippen molar-refractivity contribution in [3.8, 4) is 0 Å². The zero-order valence-corrected chi connectivity index (χ0v) is 8.23. The van der Waals surface area contributed by atoms with Gasteiger partial charge in [-0.1, -0.05) is 26.2 Å². The third-order valence-electron chi connectivity index (χ3n) is 4.11. The second kappa shape index (κ2) is 3.37. The van der Waals surface area contributed by atoms with Gasteiger partial charge in [-0.05, 0) is 37.1 Å². The lowest BCUT2D eigenvalue weighted by Gasteiger charge is -2.32. The lowest BCUT2D eigenvalue weighted by molar-refractivity contribution is 0.198. The lowest BCUT2D eigenvalue weighted by Crippen LogP contribution is -2.34. The predicted octanol–water partition coefficient (Wildman–Crippen LogP) is 2.57. The van der Waals surface area contributed by atoms with Crippen LogP contribution in [-0.4, -0.2) is 13.1 Å². The first-order valence-corrected chi connectivity index (χ1v) is 5.54. The summed E-state index contributed by atoms with van der Waals surface area (Å²) < 4.78 is 0. The molecule has 0 bridgehead atoms. The standard InChI is InChI=1S/C11H21N/c1-10-5-4-7-11(10)6-2-3-8-12-9-11/h10,12H,2-9H2,1H3/t10-,11+/m1/s1. The summed E-state index contributed by atoms with van der Waals surface area (Å²) in [6.45, 7) is 5.02. The largest absolute Gasteiger partial charge is 0.316 e. The molecule has 70 valence electrons. The van der Waals surface area contributed by atoms with Crippen molar-refractivity contribution in [3.05, 3.63) is 0 Å². The Bertz CT molecular complexity index is 145. The average molecular weight is 167 g/mol. The minimum Gasteiger partial charge on any atom is -0.316 e. The highest BCUT2D eigenvalue weighted by Gasteiger charge is 2.39. The smallest absolute Gasteiger partial charge is 0.00104 e. The second-order valence-corrected chi connectivity index (χ2v) is 4.79. The molecule has 0 aromatic heterocycles. The van der Waals surface area contributed by atoms with Crippen molar-refractivity contribution < 1.29 is 0 Å². The zero-order chi connectivity index (χ0) is 8.44. The molecule has 2 fully saturated rings. The monoisotopic (exact) mass is 167 g/mol. The summed E-state index contributed by atoms with van der Waals surface area (Å²) in [6.07, 6.45) is 8.78. The molecule has 0 aromatic rings. The van der Waals surface area contributed by atoms with Crippen LogP contribution in [0.15, 0.2) is 0 Å². The molecular weight excluding hydrogens is 146 g/mol. The molecule has 0 amide bonds. The van der Waals surface area contributed by atoms with E-state index in [2.05, 4.69) is 12.2 Å². The normalized spacial score (nSPS) is 43.2. The fourth-order valence-corrected chi connectivity index (χ4v) is 3.10. The van der Waals surface area contributed by atoms with Crippen LogP contribution in [0.25, 0.3) is 0 Å². The summed E-state index contributed by atoms with van der Waals surface area (Å²) in [5.41, 5.74) is 0.705. The minimum atomic E-state index is 0.705. The zero-order valence-electron chi connectivity index (χ0n) is 8.23. The summed E-state index contributed by atoms with van der Waals surface area (Å²) in [5, 5.41) is 3.61. The predicted molar refractivity (Wildman–Crippen MR) is 52.2 cm³/mol. The van der Waals surface area contributed by atoms with Gasteiger partial charge in [0.05, 0.1) is 0 Å². The van der Waals surface area contributed by atoms with Crippen molar-refractivity contribution in [1.29, 1.82) is 0 Å². The van der Waals surface area contributed by atoms with Crippen LogP contribution in [0, 0.1) is 11.3 Å². The van der Waals surface area contributed by atoms with Crippen LogP contribution in [0.2, 0.25) is 0 Å². The van der Waals surface area contributed by atoms with Crippen molar-refractivity contribution in [2.45, 2.75) is 45.4 Å². The Labute approximate surface area is 75.9 Å². The first-order valence-electron chi connectivity index (χ1n) is 5.54. The van der Waals surface area contributed by atoms with Crippen LogP contribution >= 0.6 is 0 Å². The molecule has 2 aliphatic rings. The van der Waals surface area contributed by atoms with Gasteiger partial charge in [0.25, 0.3) is 0 Å². The molecule has 1 heteroatoms. The topological polar surface area (TPSA) is 12.0 Å². The molecule has 1 aliphatic carbocycles. The molecule has 1 saturated carbocycles. The van der Waals surface area contributed by atoms with Gasteiger partial charge in [-0.15, -0.1) is 0 Å². The molecular formula is C11H21N. The molecule has 0 aromatic carbocycles. The summed E-state index contributed by atoms with van der Waals surface area (Å²) in [4.78, 5) is 0. The van der Waals surface area contributed by atoms with Crippen molar-refractivity contribution in [3.63, 3.8) is 0 Å². The molecule has 2 atom stereocenters. The highest BCUT2D eigenvalue weighted by atomic mass is 14.9. The summed E-state index contributed by atoms with van der Waals surface area (Å²) in [7, 11) is 0. The fourth-order valence-electron chi connectivity index (χ4n) is 3.10. The van der Waals surface area contributed by atoms with Gasteiger partial charge in [0.15, 0.2) is 0 Å². The van der Waals surface area contributed by atoms with Gasteiger partial charge in [0.2, 0.25) is 0 Å². The van der Waals surface area contributed by atoms with Gasteiger partial charge in [-0.3, -0.25) is 0 Å². The Kier molecular flexibility index (Phi) is 2.40. The van der Waals surface area contributed by atoms with E-state index in [-0.39, 0.29) is 0 Å². The molecule has 1 nitrogen and oxygen atoms in total. The van der Waals surface area contributed by atoms with Gasteiger partial charge in [-0.25, -0.2) is 0 Å². The van der Waals surface area contributed by atoms with Crippen molar-refractivity contribution in [2.24, 2.45) is 11.3 Å². The third kappa shape index (κ3) is 1.39. The van der Waals surface area contributed by atoms with Gasteiger partial charge < -0.3 is 5.32 Å².